The third kappa shape index (κ3) is 3.13. The lowest BCUT2D eigenvalue weighted by molar-refractivity contribution is -0.127. The van der Waals surface area contributed by atoms with Crippen LogP contribution >= 0.6 is 11.3 Å². The number of nitrogens with zero attached hydrogens (tertiary/aromatic N) is 1. The van der Waals surface area contributed by atoms with Crippen LogP contribution in [0.1, 0.15) is 34.1 Å². The summed E-state index contributed by atoms with van der Waals surface area (Å²) in [5.74, 6) is -0.540. The first kappa shape index (κ1) is 18.5. The maximum Gasteiger partial charge on any atom is 0.341 e. The number of aryl methyl sites for hydroxylation is 1. The molecule has 0 spiro atoms. The Bertz CT molecular complexity index is 968. The number of methoxy groups -OCH3 is 1. The Labute approximate surface area is 166 Å². The Morgan fingerprint density at radius 2 is 2.11 bits per heavy atom. The highest BCUT2D eigenvalue weighted by Gasteiger charge is 2.33. The Morgan fingerprint density at radius 1 is 1.32 bits per heavy atom. The molecule has 1 aliphatic heterocycles. The lowest BCUT2D eigenvalue weighted by atomic mass is 10.1. The minimum Gasteiger partial charge on any atom is -0.479 e. The molecule has 0 bridgehead atoms. The quantitative estimate of drug-likeness (QED) is 0.798. The zero-order valence-electron chi connectivity index (χ0n) is 15.6. The average Bonchev–Trinajstić information content (AvgIpc) is 3.25. The summed E-state index contributed by atoms with van der Waals surface area (Å²) < 4.78 is 10.5. The van der Waals surface area contributed by atoms with Gasteiger partial charge in [0.25, 0.3) is 5.91 Å². The molecule has 0 fully saturated rings. The Kier molecular flexibility index (Phi) is 4.80. The highest BCUT2D eigenvalue weighted by atomic mass is 32.1. The zero-order valence-corrected chi connectivity index (χ0v) is 16.4. The predicted molar refractivity (Wildman–Crippen MR) is 105 cm³/mol. The van der Waals surface area contributed by atoms with Crippen molar-refractivity contribution in [1.29, 1.82) is 0 Å². The van der Waals surface area contributed by atoms with E-state index in [0.29, 0.717) is 22.0 Å². The van der Waals surface area contributed by atoms with Gasteiger partial charge in [0.05, 0.1) is 18.4 Å². The van der Waals surface area contributed by atoms with Gasteiger partial charge in [-0.2, -0.15) is 0 Å². The van der Waals surface area contributed by atoms with Gasteiger partial charge in [0, 0.05) is 4.88 Å². The number of fused-ring (bicyclic) bond motifs is 2. The van der Waals surface area contributed by atoms with E-state index in [2.05, 4.69) is 5.32 Å². The second-order valence-electron chi connectivity index (χ2n) is 6.75. The number of hydrogen-bond acceptors (Lipinski definition) is 6. The fourth-order valence-corrected chi connectivity index (χ4v) is 4.94. The first-order valence-corrected chi connectivity index (χ1v) is 9.91. The first-order chi connectivity index (χ1) is 13.5. The summed E-state index contributed by atoms with van der Waals surface area (Å²) in [7, 11) is 1.33. The zero-order chi connectivity index (χ0) is 19.8. The highest BCUT2D eigenvalue weighted by Crippen LogP contribution is 2.39. The van der Waals surface area contributed by atoms with E-state index in [9.17, 15) is 14.4 Å². The molecule has 0 radical (unpaired) electrons. The van der Waals surface area contributed by atoms with Gasteiger partial charge in [0.15, 0.2) is 6.10 Å². The molecule has 28 heavy (non-hydrogen) atoms. The van der Waals surface area contributed by atoms with E-state index in [4.69, 9.17) is 9.47 Å². The fourth-order valence-electron chi connectivity index (χ4n) is 3.64. The largest absolute Gasteiger partial charge is 0.479 e. The van der Waals surface area contributed by atoms with Crippen LogP contribution in [-0.2, 0) is 27.2 Å². The molecule has 8 heteroatoms. The Morgan fingerprint density at radius 3 is 2.89 bits per heavy atom. The number of thiophene rings is 1. The van der Waals surface area contributed by atoms with E-state index < -0.39 is 12.1 Å². The number of carbonyl (C=O) groups excluding carboxylic acids is 3. The molecule has 4 rings (SSSR count). The van der Waals surface area contributed by atoms with Gasteiger partial charge in [-0.05, 0) is 43.9 Å². The molecule has 146 valence electrons. The minimum atomic E-state index is -0.668. The normalized spacial score (nSPS) is 17.6. The molecule has 1 aliphatic carbocycles. The van der Waals surface area contributed by atoms with Gasteiger partial charge in [-0.3, -0.25) is 14.5 Å². The molecule has 2 amide bonds. The minimum absolute atomic E-state index is 0.160. The standard InChI is InChI=1S/C20H20N2O5S/c1-11-19(24)22(13-7-3-4-8-14(13)27-11)10-16(23)21-18-17(20(25)26-2)12-6-5-9-15(12)28-18/h3-4,7-8,11H,5-6,9-10H2,1-2H3,(H,21,23). The maximum atomic E-state index is 12.7. The molecular formula is C20H20N2O5S. The molecule has 2 aliphatic rings. The molecule has 0 saturated carbocycles. The van der Waals surface area contributed by atoms with Crippen molar-refractivity contribution in [1.82, 2.24) is 0 Å². The number of carbonyl (C=O) groups is 3. The van der Waals surface area contributed by atoms with Crippen molar-refractivity contribution >= 4 is 39.8 Å². The average molecular weight is 400 g/mol. The smallest absolute Gasteiger partial charge is 0.341 e. The molecule has 7 nitrogen and oxygen atoms in total. The van der Waals surface area contributed by atoms with Crippen LogP contribution in [0.15, 0.2) is 24.3 Å². The van der Waals surface area contributed by atoms with E-state index in [-0.39, 0.29) is 18.4 Å². The Balaban J connectivity index is 1.58. The molecule has 1 N–H and O–H groups in total. The van der Waals surface area contributed by atoms with Crippen LogP contribution in [0.4, 0.5) is 10.7 Å². The first-order valence-electron chi connectivity index (χ1n) is 9.09. The van der Waals surface area contributed by atoms with Crippen molar-refractivity contribution < 1.29 is 23.9 Å². The number of ether oxygens (including phenoxy) is 2. The summed E-state index contributed by atoms with van der Waals surface area (Å²) in [6.45, 7) is 1.50. The number of nitrogens with one attached hydrogen (secondary N) is 1. The van der Waals surface area contributed by atoms with E-state index in [0.717, 1.165) is 29.7 Å². The van der Waals surface area contributed by atoms with Crippen LogP contribution in [0, 0.1) is 0 Å². The SMILES string of the molecule is COC(=O)c1c(NC(=O)CN2C(=O)C(C)Oc3ccccc32)sc2c1CCC2. The van der Waals surface area contributed by atoms with Crippen LogP contribution in [-0.4, -0.2) is 37.5 Å². The monoisotopic (exact) mass is 400 g/mol. The Hall–Kier alpha value is -2.87. The maximum absolute atomic E-state index is 12.7. The van der Waals surface area contributed by atoms with Gasteiger partial charge < -0.3 is 14.8 Å². The molecule has 1 aromatic carbocycles. The van der Waals surface area contributed by atoms with Gasteiger partial charge in [-0.15, -0.1) is 11.3 Å². The van der Waals surface area contributed by atoms with Crippen molar-refractivity contribution in [2.24, 2.45) is 0 Å². The van der Waals surface area contributed by atoms with Crippen molar-refractivity contribution in [3.8, 4) is 5.75 Å². The molecule has 0 saturated heterocycles. The fraction of sp³-hybridized carbons (Fsp3) is 0.350. The number of anilines is 2. The van der Waals surface area contributed by atoms with E-state index in [1.165, 1.54) is 23.3 Å². The molecular weight excluding hydrogens is 380 g/mol. The summed E-state index contributed by atoms with van der Waals surface area (Å²) in [5, 5.41) is 3.30. The summed E-state index contributed by atoms with van der Waals surface area (Å²) in [5.41, 5.74) is 1.96. The second kappa shape index (κ2) is 7.27. The third-order valence-corrected chi connectivity index (χ3v) is 6.15. The number of hydrogen-bond donors (Lipinski definition) is 1. The molecule has 1 unspecified atom stereocenters. The number of esters is 1. The van der Waals surface area contributed by atoms with E-state index in [1.807, 2.05) is 6.07 Å². The number of para-hydroxylation sites is 2. The lowest BCUT2D eigenvalue weighted by Gasteiger charge is -2.32. The second-order valence-corrected chi connectivity index (χ2v) is 7.86. The molecule has 2 heterocycles. The third-order valence-electron chi connectivity index (χ3n) is 4.94. The number of benzene rings is 1. The van der Waals surface area contributed by atoms with Gasteiger partial charge in [-0.25, -0.2) is 4.79 Å². The highest BCUT2D eigenvalue weighted by molar-refractivity contribution is 7.17. The topological polar surface area (TPSA) is 84.9 Å². The molecule has 2 aromatic rings. The lowest BCUT2D eigenvalue weighted by Crippen LogP contribution is -2.47. The van der Waals surface area contributed by atoms with Crippen LogP contribution in [0.25, 0.3) is 0 Å². The summed E-state index contributed by atoms with van der Waals surface area (Å²) >= 11 is 1.41. The van der Waals surface area contributed by atoms with Crippen LogP contribution < -0.4 is 15.0 Å². The van der Waals surface area contributed by atoms with Crippen molar-refractivity contribution in [2.45, 2.75) is 32.3 Å². The van der Waals surface area contributed by atoms with Crippen molar-refractivity contribution in [3.63, 3.8) is 0 Å². The van der Waals surface area contributed by atoms with Gasteiger partial charge in [0.1, 0.15) is 17.3 Å². The van der Waals surface area contributed by atoms with Crippen LogP contribution in [0.2, 0.25) is 0 Å². The number of rotatable bonds is 4. The van der Waals surface area contributed by atoms with Gasteiger partial charge in [-0.1, -0.05) is 12.1 Å². The van der Waals surface area contributed by atoms with Gasteiger partial charge in [0.2, 0.25) is 5.91 Å². The van der Waals surface area contributed by atoms with Crippen LogP contribution in [0.5, 0.6) is 5.75 Å². The molecule has 1 atom stereocenters. The van der Waals surface area contributed by atoms with E-state index >= 15 is 0 Å². The summed E-state index contributed by atoms with van der Waals surface area (Å²) in [4.78, 5) is 40.1. The van der Waals surface area contributed by atoms with E-state index in [1.54, 1.807) is 25.1 Å². The van der Waals surface area contributed by atoms with Crippen molar-refractivity contribution in [2.75, 3.05) is 23.9 Å². The summed E-state index contributed by atoms with van der Waals surface area (Å²) in [6, 6.07) is 7.11. The van der Waals surface area contributed by atoms with Crippen molar-refractivity contribution in [3.05, 3.63) is 40.3 Å². The summed E-state index contributed by atoms with van der Waals surface area (Å²) in [6.07, 6.45) is 2.03. The van der Waals surface area contributed by atoms with Crippen LogP contribution in [0.3, 0.4) is 0 Å². The predicted octanol–water partition coefficient (Wildman–Crippen LogP) is 2.78. The molecule has 1 aromatic heterocycles. The number of amides is 2. The van der Waals surface area contributed by atoms with Gasteiger partial charge >= 0.3 is 5.97 Å².